The fourth-order valence-electron chi connectivity index (χ4n) is 2.28. The third-order valence-corrected chi connectivity index (χ3v) is 3.70. The number of nitrogens with one attached hydrogen (secondary N) is 1. The molecule has 0 radical (unpaired) electrons. The summed E-state index contributed by atoms with van der Waals surface area (Å²) < 4.78 is 4.75. The highest BCUT2D eigenvalue weighted by Crippen LogP contribution is 2.24. The fourth-order valence-corrected chi connectivity index (χ4v) is 2.28. The summed E-state index contributed by atoms with van der Waals surface area (Å²) in [4.78, 5) is 25.4. The van der Waals surface area contributed by atoms with E-state index in [1.165, 1.54) is 7.11 Å². The van der Waals surface area contributed by atoms with Crippen molar-refractivity contribution in [3.05, 3.63) is 0 Å². The molecule has 1 rings (SSSR count). The molecule has 1 aliphatic heterocycles. The molecule has 0 aromatic carbocycles. The number of esters is 1. The molecule has 1 heterocycles. The maximum Gasteiger partial charge on any atom is 0.309 e. The van der Waals surface area contributed by atoms with Gasteiger partial charge in [0.1, 0.15) is 0 Å². The van der Waals surface area contributed by atoms with Gasteiger partial charge < -0.3 is 10.1 Å². The van der Waals surface area contributed by atoms with Gasteiger partial charge in [0, 0.05) is 19.1 Å². The molecule has 0 aromatic rings. The molecule has 1 aliphatic rings. The lowest BCUT2D eigenvalue weighted by Crippen LogP contribution is -2.65. The van der Waals surface area contributed by atoms with E-state index >= 15 is 0 Å². The van der Waals surface area contributed by atoms with Crippen molar-refractivity contribution >= 4 is 11.9 Å². The largest absolute Gasteiger partial charge is 0.469 e. The number of amides is 1. The summed E-state index contributed by atoms with van der Waals surface area (Å²) >= 11 is 0. The summed E-state index contributed by atoms with van der Waals surface area (Å²) in [5.41, 5.74) is -0.583. The first kappa shape index (κ1) is 14.0. The highest BCUT2D eigenvalue weighted by Gasteiger charge is 2.42. The molecule has 0 bridgehead atoms. The van der Waals surface area contributed by atoms with Crippen molar-refractivity contribution in [3.63, 3.8) is 0 Å². The Kier molecular flexibility index (Phi) is 4.14. The zero-order valence-corrected chi connectivity index (χ0v) is 11.2. The fraction of sp³-hybridized carbons (Fsp3) is 0.833. The Bertz CT molecular complexity index is 315. The molecule has 98 valence electrons. The van der Waals surface area contributed by atoms with E-state index in [1.54, 1.807) is 0 Å². The smallest absolute Gasteiger partial charge is 0.309 e. The molecule has 0 spiro atoms. The molecular weight excluding hydrogens is 220 g/mol. The van der Waals surface area contributed by atoms with Gasteiger partial charge in [0.25, 0.3) is 0 Å². The van der Waals surface area contributed by atoms with E-state index in [4.69, 9.17) is 4.74 Å². The molecule has 2 atom stereocenters. The summed E-state index contributed by atoms with van der Waals surface area (Å²) in [5.74, 6) is -0.475. The molecular formula is C12H22N2O3. The number of rotatable bonds is 3. The summed E-state index contributed by atoms with van der Waals surface area (Å²) in [6, 6.07) is -0.0245. The van der Waals surface area contributed by atoms with Gasteiger partial charge in [-0.15, -0.1) is 0 Å². The van der Waals surface area contributed by atoms with Crippen LogP contribution >= 0.6 is 0 Å². The van der Waals surface area contributed by atoms with Crippen LogP contribution in [0.15, 0.2) is 0 Å². The monoisotopic (exact) mass is 242 g/mol. The number of carbonyl (C=O) groups is 2. The molecule has 1 fully saturated rings. The Morgan fingerprint density at radius 3 is 2.59 bits per heavy atom. The van der Waals surface area contributed by atoms with Crippen LogP contribution < -0.4 is 5.32 Å². The minimum absolute atomic E-state index is 0.00710. The molecule has 5 heteroatoms. The number of hydrogen-bond acceptors (Lipinski definition) is 4. The van der Waals surface area contributed by atoms with E-state index in [0.29, 0.717) is 6.54 Å². The SMILES string of the molecule is COC(=O)C(C)C(C)N1CCNC(=O)C1(C)C. The highest BCUT2D eigenvalue weighted by atomic mass is 16.5. The van der Waals surface area contributed by atoms with Gasteiger partial charge in [-0.25, -0.2) is 0 Å². The average Bonchev–Trinajstić information content (AvgIpc) is 2.29. The zero-order chi connectivity index (χ0) is 13.2. The quantitative estimate of drug-likeness (QED) is 0.728. The molecule has 17 heavy (non-hydrogen) atoms. The molecule has 1 saturated heterocycles. The maximum atomic E-state index is 11.8. The van der Waals surface area contributed by atoms with Crippen LogP contribution in [0.1, 0.15) is 27.7 Å². The molecule has 0 aromatic heterocycles. The minimum Gasteiger partial charge on any atom is -0.469 e. The molecule has 1 amide bonds. The Balaban J connectivity index is 2.83. The van der Waals surface area contributed by atoms with E-state index in [2.05, 4.69) is 10.2 Å². The molecule has 5 nitrogen and oxygen atoms in total. The van der Waals surface area contributed by atoms with Crippen molar-refractivity contribution in [1.29, 1.82) is 0 Å². The summed E-state index contributed by atoms with van der Waals surface area (Å²) in [6.07, 6.45) is 0. The van der Waals surface area contributed by atoms with Crippen LogP contribution in [0.25, 0.3) is 0 Å². The Labute approximate surface area is 102 Å². The third kappa shape index (κ3) is 2.60. The minimum atomic E-state index is -0.583. The molecule has 0 aliphatic carbocycles. The lowest BCUT2D eigenvalue weighted by Gasteiger charge is -2.45. The Morgan fingerprint density at radius 1 is 1.47 bits per heavy atom. The van der Waals surface area contributed by atoms with Gasteiger partial charge >= 0.3 is 5.97 Å². The van der Waals surface area contributed by atoms with Crippen LogP contribution in [-0.4, -0.2) is 48.6 Å². The van der Waals surface area contributed by atoms with E-state index in [-0.39, 0.29) is 23.8 Å². The lowest BCUT2D eigenvalue weighted by atomic mass is 9.92. The predicted octanol–water partition coefficient (Wildman–Crippen LogP) is 0.394. The number of nitrogens with zero attached hydrogens (tertiary/aromatic N) is 1. The van der Waals surface area contributed by atoms with Gasteiger partial charge in [-0.1, -0.05) is 6.92 Å². The number of piperazine rings is 1. The summed E-state index contributed by atoms with van der Waals surface area (Å²) in [5, 5.41) is 2.84. The first-order valence-electron chi connectivity index (χ1n) is 5.95. The Morgan fingerprint density at radius 2 is 2.06 bits per heavy atom. The van der Waals surface area contributed by atoms with Gasteiger partial charge in [-0.05, 0) is 20.8 Å². The van der Waals surface area contributed by atoms with E-state index in [1.807, 2.05) is 27.7 Å². The van der Waals surface area contributed by atoms with Crippen LogP contribution in [-0.2, 0) is 14.3 Å². The average molecular weight is 242 g/mol. The normalized spacial score (nSPS) is 23.7. The van der Waals surface area contributed by atoms with Crippen molar-refractivity contribution in [2.75, 3.05) is 20.2 Å². The topological polar surface area (TPSA) is 58.6 Å². The second-order valence-corrected chi connectivity index (χ2v) is 5.06. The van der Waals surface area contributed by atoms with Crippen molar-refractivity contribution in [1.82, 2.24) is 10.2 Å². The van der Waals surface area contributed by atoms with Crippen molar-refractivity contribution in [3.8, 4) is 0 Å². The Hall–Kier alpha value is -1.10. The molecule has 0 saturated carbocycles. The van der Waals surface area contributed by atoms with Crippen LogP contribution in [0.3, 0.4) is 0 Å². The summed E-state index contributed by atoms with van der Waals surface area (Å²) in [6.45, 7) is 8.92. The number of hydrogen-bond donors (Lipinski definition) is 1. The number of carbonyl (C=O) groups excluding carboxylic acids is 2. The van der Waals surface area contributed by atoms with Crippen LogP contribution in [0.5, 0.6) is 0 Å². The van der Waals surface area contributed by atoms with E-state index in [0.717, 1.165) is 6.54 Å². The number of ether oxygens (including phenoxy) is 1. The zero-order valence-electron chi connectivity index (χ0n) is 11.2. The van der Waals surface area contributed by atoms with Crippen molar-refractivity contribution in [2.45, 2.75) is 39.3 Å². The van der Waals surface area contributed by atoms with Crippen molar-refractivity contribution < 1.29 is 14.3 Å². The van der Waals surface area contributed by atoms with Crippen LogP contribution in [0.2, 0.25) is 0 Å². The number of methoxy groups -OCH3 is 1. The van der Waals surface area contributed by atoms with Crippen LogP contribution in [0, 0.1) is 5.92 Å². The maximum absolute atomic E-state index is 11.8. The van der Waals surface area contributed by atoms with Gasteiger partial charge in [-0.3, -0.25) is 14.5 Å². The standard InChI is InChI=1S/C12H22N2O3/c1-8(10(15)17-5)9(2)14-7-6-13-11(16)12(14,3)4/h8-9H,6-7H2,1-5H3,(H,13,16). The highest BCUT2D eigenvalue weighted by molar-refractivity contribution is 5.86. The van der Waals surface area contributed by atoms with E-state index in [9.17, 15) is 9.59 Å². The predicted molar refractivity (Wildman–Crippen MR) is 64.4 cm³/mol. The second-order valence-electron chi connectivity index (χ2n) is 5.06. The summed E-state index contributed by atoms with van der Waals surface area (Å²) in [7, 11) is 1.39. The van der Waals surface area contributed by atoms with Crippen LogP contribution in [0.4, 0.5) is 0 Å². The van der Waals surface area contributed by atoms with Gasteiger partial charge in [-0.2, -0.15) is 0 Å². The van der Waals surface area contributed by atoms with E-state index < -0.39 is 5.54 Å². The molecule has 1 N–H and O–H groups in total. The van der Waals surface area contributed by atoms with Gasteiger partial charge in [0.15, 0.2) is 0 Å². The van der Waals surface area contributed by atoms with Gasteiger partial charge in [0.2, 0.25) is 5.91 Å². The first-order valence-corrected chi connectivity index (χ1v) is 5.95. The lowest BCUT2D eigenvalue weighted by molar-refractivity contribution is -0.151. The first-order chi connectivity index (χ1) is 7.82. The van der Waals surface area contributed by atoms with Crippen molar-refractivity contribution in [2.24, 2.45) is 5.92 Å². The molecule has 2 unspecified atom stereocenters. The van der Waals surface area contributed by atoms with Gasteiger partial charge in [0.05, 0.1) is 18.6 Å². The second kappa shape index (κ2) is 5.04. The third-order valence-electron chi connectivity index (χ3n) is 3.70.